The highest BCUT2D eigenvalue weighted by atomic mass is 32.2. The summed E-state index contributed by atoms with van der Waals surface area (Å²) in [5, 5.41) is 1.79. The Morgan fingerprint density at radius 1 is 0.812 bits per heavy atom. The average molecular weight is 452 g/mol. The smallest absolute Gasteiger partial charge is 0.207 e. The lowest BCUT2D eigenvalue weighted by molar-refractivity contribution is 0.0991. The van der Waals surface area contributed by atoms with Crippen molar-refractivity contribution in [2.45, 2.75) is 9.79 Å². The van der Waals surface area contributed by atoms with Gasteiger partial charge < -0.3 is 9.64 Å². The second-order valence-electron chi connectivity index (χ2n) is 7.72. The SMILES string of the molecule is O=C1/C(=C\c2cc3c4c(c2)Sc2ccccc2N4c2ccccc2O3)C(=O)c2sccc21. The minimum atomic E-state index is -0.205. The first-order chi connectivity index (χ1) is 15.7. The van der Waals surface area contributed by atoms with Crippen molar-refractivity contribution in [3.63, 3.8) is 0 Å². The van der Waals surface area contributed by atoms with Crippen molar-refractivity contribution in [3.05, 3.63) is 93.7 Å². The van der Waals surface area contributed by atoms with Crippen LogP contribution in [0.5, 0.6) is 11.5 Å². The number of anilines is 3. The fraction of sp³-hybridized carbons (Fsp3) is 0. The second-order valence-corrected chi connectivity index (χ2v) is 9.72. The zero-order valence-electron chi connectivity index (χ0n) is 16.5. The van der Waals surface area contributed by atoms with Crippen molar-refractivity contribution in [2.75, 3.05) is 4.90 Å². The first-order valence-electron chi connectivity index (χ1n) is 10.1. The Kier molecular flexibility index (Phi) is 3.63. The number of carbonyl (C=O) groups is 2. The van der Waals surface area contributed by atoms with Crippen LogP contribution >= 0.6 is 23.1 Å². The molecule has 3 aromatic carbocycles. The van der Waals surface area contributed by atoms with Gasteiger partial charge in [0, 0.05) is 15.4 Å². The number of ether oxygens (including phenoxy) is 1. The summed E-state index contributed by atoms with van der Waals surface area (Å²) in [5.74, 6) is 1.08. The maximum absolute atomic E-state index is 12.8. The molecular formula is C26H13NO3S2. The van der Waals surface area contributed by atoms with Crippen molar-refractivity contribution in [1.82, 2.24) is 0 Å². The molecule has 3 aliphatic rings. The molecule has 7 rings (SSSR count). The molecule has 2 aliphatic heterocycles. The zero-order valence-corrected chi connectivity index (χ0v) is 18.1. The van der Waals surface area contributed by atoms with Crippen LogP contribution in [-0.4, -0.2) is 11.6 Å². The highest BCUT2D eigenvalue weighted by Crippen LogP contribution is 2.60. The number of benzene rings is 3. The van der Waals surface area contributed by atoms with Crippen molar-refractivity contribution in [3.8, 4) is 11.5 Å². The molecule has 0 radical (unpaired) electrons. The highest BCUT2D eigenvalue weighted by molar-refractivity contribution is 7.99. The zero-order chi connectivity index (χ0) is 21.4. The molecule has 4 aromatic rings. The van der Waals surface area contributed by atoms with Crippen LogP contribution < -0.4 is 9.64 Å². The van der Waals surface area contributed by atoms with E-state index in [-0.39, 0.29) is 17.1 Å². The molecular weight excluding hydrogens is 438 g/mol. The van der Waals surface area contributed by atoms with Gasteiger partial charge in [-0.3, -0.25) is 9.59 Å². The number of nitrogens with zero attached hydrogens (tertiary/aromatic N) is 1. The van der Waals surface area contributed by atoms with Crippen molar-refractivity contribution < 1.29 is 14.3 Å². The molecule has 3 heterocycles. The molecule has 152 valence electrons. The number of para-hydroxylation sites is 3. The second kappa shape index (κ2) is 6.45. The number of hydrogen-bond acceptors (Lipinski definition) is 6. The molecule has 0 fully saturated rings. The Bertz CT molecular complexity index is 1430. The molecule has 0 N–H and O–H groups in total. The number of hydrogen-bond donors (Lipinski definition) is 0. The monoisotopic (exact) mass is 451 g/mol. The number of ketones is 2. The molecule has 32 heavy (non-hydrogen) atoms. The van der Waals surface area contributed by atoms with E-state index in [1.165, 1.54) is 11.3 Å². The van der Waals surface area contributed by atoms with Gasteiger partial charge in [-0.15, -0.1) is 11.3 Å². The molecule has 0 amide bonds. The van der Waals surface area contributed by atoms with Crippen LogP contribution in [0, 0.1) is 0 Å². The summed E-state index contributed by atoms with van der Waals surface area (Å²) in [6.07, 6.45) is 1.70. The summed E-state index contributed by atoms with van der Waals surface area (Å²) in [7, 11) is 0. The van der Waals surface area contributed by atoms with E-state index in [1.807, 2.05) is 42.5 Å². The Hall–Kier alpha value is -3.61. The van der Waals surface area contributed by atoms with Gasteiger partial charge in [-0.05, 0) is 59.5 Å². The summed E-state index contributed by atoms with van der Waals surface area (Å²) >= 11 is 2.98. The van der Waals surface area contributed by atoms with Crippen LogP contribution in [0.3, 0.4) is 0 Å². The first-order valence-corrected chi connectivity index (χ1v) is 11.8. The van der Waals surface area contributed by atoms with Crippen LogP contribution in [0.25, 0.3) is 6.08 Å². The summed E-state index contributed by atoms with van der Waals surface area (Å²) in [6, 6.07) is 21.9. The molecule has 0 saturated heterocycles. The van der Waals surface area contributed by atoms with Gasteiger partial charge in [-0.2, -0.15) is 0 Å². The third-order valence-corrected chi connectivity index (χ3v) is 7.86. The molecule has 1 aromatic heterocycles. The number of Topliss-reactive ketones (excluding diaryl/α,β-unsaturated/α-hetero) is 2. The fourth-order valence-corrected chi connectivity index (χ4v) is 6.43. The van der Waals surface area contributed by atoms with Gasteiger partial charge in [-0.1, -0.05) is 36.0 Å². The van der Waals surface area contributed by atoms with E-state index in [0.717, 1.165) is 38.2 Å². The van der Waals surface area contributed by atoms with Crippen LogP contribution in [0.4, 0.5) is 17.1 Å². The molecule has 0 bridgehead atoms. The van der Waals surface area contributed by atoms with Gasteiger partial charge in [0.25, 0.3) is 0 Å². The highest BCUT2D eigenvalue weighted by Gasteiger charge is 2.36. The Morgan fingerprint density at radius 3 is 2.50 bits per heavy atom. The van der Waals surface area contributed by atoms with Crippen LogP contribution in [0.1, 0.15) is 25.6 Å². The standard InChI is InChI=1S/C26H13NO3S2/c28-24-15-9-10-31-26(15)25(29)16(24)11-14-12-20-23-22(13-14)32-21-8-4-2-6-18(21)27(23)17-5-1-3-7-19(17)30-20/h1-13H/b16-11+. The normalized spacial score (nSPS) is 16.4. The maximum Gasteiger partial charge on any atom is 0.207 e. The molecule has 4 nitrogen and oxygen atoms in total. The molecule has 0 unspecified atom stereocenters. The summed E-state index contributed by atoms with van der Waals surface area (Å²) < 4.78 is 6.29. The van der Waals surface area contributed by atoms with E-state index in [2.05, 4.69) is 23.1 Å². The van der Waals surface area contributed by atoms with E-state index in [0.29, 0.717) is 16.2 Å². The summed E-state index contributed by atoms with van der Waals surface area (Å²) in [4.78, 5) is 30.5. The molecule has 1 aliphatic carbocycles. The van der Waals surface area contributed by atoms with Gasteiger partial charge in [-0.25, -0.2) is 0 Å². The Balaban J connectivity index is 1.42. The van der Waals surface area contributed by atoms with Crippen molar-refractivity contribution >= 4 is 57.8 Å². The Labute approximate surface area is 191 Å². The number of fused-ring (bicyclic) bond motifs is 5. The van der Waals surface area contributed by atoms with Crippen molar-refractivity contribution in [1.29, 1.82) is 0 Å². The number of thiophene rings is 1. The van der Waals surface area contributed by atoms with E-state index >= 15 is 0 Å². The van der Waals surface area contributed by atoms with E-state index in [4.69, 9.17) is 4.74 Å². The van der Waals surface area contributed by atoms with Gasteiger partial charge >= 0.3 is 0 Å². The summed E-state index contributed by atoms with van der Waals surface area (Å²) in [6.45, 7) is 0. The lowest BCUT2D eigenvalue weighted by Gasteiger charge is -2.38. The van der Waals surface area contributed by atoms with E-state index in [1.54, 1.807) is 29.3 Å². The van der Waals surface area contributed by atoms with Crippen LogP contribution in [0.2, 0.25) is 0 Å². The average Bonchev–Trinajstić information content (AvgIpc) is 3.38. The lowest BCUT2D eigenvalue weighted by atomic mass is 10.0. The third-order valence-electron chi connectivity index (χ3n) is 5.85. The van der Waals surface area contributed by atoms with Gasteiger partial charge in [0.1, 0.15) is 5.69 Å². The fourth-order valence-electron chi connectivity index (χ4n) is 4.46. The molecule has 0 spiro atoms. The lowest BCUT2D eigenvalue weighted by Crippen LogP contribution is -2.19. The van der Waals surface area contributed by atoms with Gasteiger partial charge in [0.15, 0.2) is 17.3 Å². The van der Waals surface area contributed by atoms with Crippen molar-refractivity contribution in [2.24, 2.45) is 0 Å². The largest absolute Gasteiger partial charge is 0.453 e. The molecule has 6 heteroatoms. The number of allylic oxidation sites excluding steroid dienone is 1. The quantitative estimate of drug-likeness (QED) is 0.195. The summed E-state index contributed by atoms with van der Waals surface area (Å²) in [5.41, 5.74) is 4.58. The molecule has 0 atom stereocenters. The maximum atomic E-state index is 12.8. The van der Waals surface area contributed by atoms with Crippen LogP contribution in [0.15, 0.2) is 87.5 Å². The predicted molar refractivity (Wildman–Crippen MR) is 126 cm³/mol. The Morgan fingerprint density at radius 2 is 1.62 bits per heavy atom. The minimum Gasteiger partial charge on any atom is -0.453 e. The number of rotatable bonds is 1. The predicted octanol–water partition coefficient (Wildman–Crippen LogP) is 7.25. The van der Waals surface area contributed by atoms with Crippen LogP contribution in [-0.2, 0) is 0 Å². The van der Waals surface area contributed by atoms with E-state index in [9.17, 15) is 9.59 Å². The van der Waals surface area contributed by atoms with E-state index < -0.39 is 0 Å². The first kappa shape index (κ1) is 18.0. The third kappa shape index (κ3) is 2.39. The number of carbonyl (C=O) groups excluding carboxylic acids is 2. The molecule has 0 saturated carbocycles. The topological polar surface area (TPSA) is 46.6 Å². The van der Waals surface area contributed by atoms with Gasteiger partial charge in [0.2, 0.25) is 5.78 Å². The van der Waals surface area contributed by atoms with Gasteiger partial charge in [0.05, 0.1) is 21.8 Å². The minimum absolute atomic E-state index is 0.197.